The van der Waals surface area contributed by atoms with Gasteiger partial charge in [-0.2, -0.15) is 10.4 Å². The Kier molecular flexibility index (Phi) is 5.41. The molecule has 1 aliphatic heterocycles. The Morgan fingerprint density at radius 2 is 2.20 bits per heavy atom. The molecule has 1 aromatic heterocycles. The van der Waals surface area contributed by atoms with Gasteiger partial charge < -0.3 is 15.0 Å². The standard InChI is InChI=1S/C21H18N6O2S/c1-27-16-7-2-3-8-17(16)29-12-15(21(27)30)23-20(28)19-24-18(25-26-19)10-13-5-4-6-14(9-13)11-22/h2-9,15H,10,12H2,1H3,(H,23,28)(H,24,25,26)/t15-/m0/s1. The molecular weight excluding hydrogens is 400 g/mol. The van der Waals surface area contributed by atoms with Crippen LogP contribution in [0, 0.1) is 11.3 Å². The second kappa shape index (κ2) is 8.31. The highest BCUT2D eigenvalue weighted by Crippen LogP contribution is 2.30. The number of aromatic nitrogens is 3. The maximum Gasteiger partial charge on any atom is 0.289 e. The molecule has 0 spiro atoms. The van der Waals surface area contributed by atoms with Crippen molar-refractivity contribution < 1.29 is 9.53 Å². The van der Waals surface area contributed by atoms with Gasteiger partial charge in [0.15, 0.2) is 5.82 Å². The maximum absolute atomic E-state index is 12.7. The molecule has 2 aromatic carbocycles. The number of thiocarbonyl (C=S) groups is 1. The Labute approximate surface area is 178 Å². The number of rotatable bonds is 4. The molecule has 9 heteroatoms. The molecule has 0 bridgehead atoms. The zero-order chi connectivity index (χ0) is 21.1. The molecule has 0 unspecified atom stereocenters. The topological polar surface area (TPSA) is 107 Å². The van der Waals surface area contributed by atoms with E-state index in [1.807, 2.05) is 42.3 Å². The molecule has 1 amide bonds. The highest BCUT2D eigenvalue weighted by atomic mass is 32.1. The number of aromatic amines is 1. The maximum atomic E-state index is 12.7. The highest BCUT2D eigenvalue weighted by molar-refractivity contribution is 7.80. The Morgan fingerprint density at radius 1 is 1.37 bits per heavy atom. The number of carbonyl (C=O) groups excluding carboxylic acids is 1. The minimum absolute atomic E-state index is 0.0913. The van der Waals surface area contributed by atoms with Crippen molar-refractivity contribution in [3.05, 3.63) is 71.3 Å². The number of likely N-dealkylation sites (N-methyl/N-ethyl adjacent to an activating group) is 1. The van der Waals surface area contributed by atoms with Gasteiger partial charge in [0.25, 0.3) is 5.91 Å². The quantitative estimate of drug-likeness (QED) is 0.626. The number of anilines is 1. The summed E-state index contributed by atoms with van der Waals surface area (Å²) >= 11 is 5.56. The van der Waals surface area contributed by atoms with Crippen LogP contribution in [0.3, 0.4) is 0 Å². The van der Waals surface area contributed by atoms with E-state index >= 15 is 0 Å². The van der Waals surface area contributed by atoms with Crippen LogP contribution in [0.1, 0.15) is 27.6 Å². The predicted molar refractivity (Wildman–Crippen MR) is 115 cm³/mol. The van der Waals surface area contributed by atoms with Gasteiger partial charge in [-0.3, -0.25) is 9.89 Å². The first-order valence-corrected chi connectivity index (χ1v) is 9.66. The van der Waals surface area contributed by atoms with Crippen LogP contribution in [0.4, 0.5) is 5.69 Å². The van der Waals surface area contributed by atoms with E-state index in [1.165, 1.54) is 0 Å². The summed E-state index contributed by atoms with van der Waals surface area (Å²) < 4.78 is 5.83. The Hall–Kier alpha value is -3.77. The Balaban J connectivity index is 1.44. The van der Waals surface area contributed by atoms with Crippen molar-refractivity contribution in [3.63, 3.8) is 0 Å². The number of nitriles is 1. The van der Waals surface area contributed by atoms with Gasteiger partial charge in [0.05, 0.1) is 17.3 Å². The van der Waals surface area contributed by atoms with E-state index in [0.29, 0.717) is 28.5 Å². The summed E-state index contributed by atoms with van der Waals surface area (Å²) in [6, 6.07) is 16.4. The van der Waals surface area contributed by atoms with Crippen molar-refractivity contribution in [2.24, 2.45) is 0 Å². The number of nitrogens with one attached hydrogen (secondary N) is 2. The molecule has 2 N–H and O–H groups in total. The number of amides is 1. The molecular formula is C21H18N6O2S. The molecule has 0 fully saturated rings. The van der Waals surface area contributed by atoms with Crippen molar-refractivity contribution >= 4 is 28.8 Å². The monoisotopic (exact) mass is 418 g/mol. The van der Waals surface area contributed by atoms with E-state index in [4.69, 9.17) is 22.2 Å². The van der Waals surface area contributed by atoms with E-state index in [2.05, 4.69) is 26.6 Å². The smallest absolute Gasteiger partial charge is 0.289 e. The molecule has 0 radical (unpaired) electrons. The van der Waals surface area contributed by atoms with E-state index < -0.39 is 11.9 Å². The second-order valence-corrected chi connectivity index (χ2v) is 7.21. The van der Waals surface area contributed by atoms with Crippen molar-refractivity contribution in [2.45, 2.75) is 12.5 Å². The lowest BCUT2D eigenvalue weighted by atomic mass is 10.1. The molecule has 0 saturated carbocycles. The van der Waals surface area contributed by atoms with Crippen molar-refractivity contribution in [1.82, 2.24) is 20.5 Å². The van der Waals surface area contributed by atoms with Crippen molar-refractivity contribution in [1.29, 1.82) is 5.26 Å². The van der Waals surface area contributed by atoms with Crippen LogP contribution in [0.5, 0.6) is 5.75 Å². The molecule has 0 aliphatic carbocycles. The first-order chi connectivity index (χ1) is 14.5. The first kappa shape index (κ1) is 19.5. The normalized spacial score (nSPS) is 15.5. The number of benzene rings is 2. The minimum Gasteiger partial charge on any atom is -0.489 e. The first-order valence-electron chi connectivity index (χ1n) is 9.25. The number of carbonyl (C=O) groups is 1. The van der Waals surface area contributed by atoms with Gasteiger partial charge in [-0.05, 0) is 29.8 Å². The molecule has 8 nitrogen and oxygen atoms in total. The van der Waals surface area contributed by atoms with Crippen LogP contribution in [-0.4, -0.2) is 45.8 Å². The average Bonchev–Trinajstić information content (AvgIpc) is 3.20. The molecule has 4 rings (SSSR count). The average molecular weight is 418 g/mol. The fourth-order valence-corrected chi connectivity index (χ4v) is 3.42. The Bertz CT molecular complexity index is 1150. The molecule has 30 heavy (non-hydrogen) atoms. The van der Waals surface area contributed by atoms with E-state index in [1.54, 1.807) is 18.2 Å². The zero-order valence-electron chi connectivity index (χ0n) is 16.1. The van der Waals surface area contributed by atoms with Gasteiger partial charge in [0, 0.05) is 13.5 Å². The summed E-state index contributed by atoms with van der Waals surface area (Å²) in [7, 11) is 1.84. The predicted octanol–water partition coefficient (Wildman–Crippen LogP) is 2.22. The molecule has 1 aliphatic rings. The number of nitrogens with zero attached hydrogens (tertiary/aromatic N) is 4. The second-order valence-electron chi connectivity index (χ2n) is 6.79. The van der Waals surface area contributed by atoms with Gasteiger partial charge in [-0.15, -0.1) is 0 Å². The lowest BCUT2D eigenvalue weighted by Crippen LogP contribution is -2.48. The third kappa shape index (κ3) is 3.99. The molecule has 3 aromatic rings. The van der Waals surface area contributed by atoms with Gasteiger partial charge in [-0.25, -0.2) is 4.98 Å². The largest absolute Gasteiger partial charge is 0.489 e. The van der Waals surface area contributed by atoms with Crippen LogP contribution < -0.4 is 15.0 Å². The summed E-state index contributed by atoms with van der Waals surface area (Å²) in [5, 5.41) is 18.7. The van der Waals surface area contributed by atoms with E-state index in [0.717, 1.165) is 11.3 Å². The fourth-order valence-electron chi connectivity index (χ4n) is 3.19. The number of ether oxygens (including phenoxy) is 1. The third-order valence-electron chi connectivity index (χ3n) is 4.73. The van der Waals surface area contributed by atoms with Gasteiger partial charge in [0.1, 0.15) is 23.4 Å². The summed E-state index contributed by atoms with van der Waals surface area (Å²) in [5.74, 6) is 0.837. The van der Waals surface area contributed by atoms with Crippen molar-refractivity contribution in [2.75, 3.05) is 18.6 Å². The van der Waals surface area contributed by atoms with Crippen LogP contribution in [0.15, 0.2) is 48.5 Å². The molecule has 150 valence electrons. The summed E-state index contributed by atoms with van der Waals surface area (Å²) in [5.41, 5.74) is 2.30. The number of H-pyrrole nitrogens is 1. The van der Waals surface area contributed by atoms with Gasteiger partial charge in [0.2, 0.25) is 5.82 Å². The molecule has 1 atom stereocenters. The van der Waals surface area contributed by atoms with Crippen LogP contribution in [-0.2, 0) is 6.42 Å². The SMILES string of the molecule is CN1C(=S)[C@@H](NC(=O)c2nc(Cc3cccc(C#N)c3)n[nH]2)COc2ccccc21. The summed E-state index contributed by atoms with van der Waals surface area (Å²) in [6.45, 7) is 0.216. The van der Waals surface area contributed by atoms with Crippen LogP contribution in [0.2, 0.25) is 0 Å². The lowest BCUT2D eigenvalue weighted by Gasteiger charge is -2.23. The number of hydrogen-bond acceptors (Lipinski definition) is 6. The van der Waals surface area contributed by atoms with Crippen LogP contribution in [0.25, 0.3) is 0 Å². The van der Waals surface area contributed by atoms with Gasteiger partial charge >= 0.3 is 0 Å². The molecule has 0 saturated heterocycles. The number of hydrogen-bond donors (Lipinski definition) is 2. The third-order valence-corrected chi connectivity index (χ3v) is 5.29. The molecule has 2 heterocycles. The van der Waals surface area contributed by atoms with E-state index in [9.17, 15) is 4.79 Å². The highest BCUT2D eigenvalue weighted by Gasteiger charge is 2.28. The fraction of sp³-hybridized carbons (Fsp3) is 0.190. The summed E-state index contributed by atoms with van der Waals surface area (Å²) in [6.07, 6.45) is 0.405. The van der Waals surface area contributed by atoms with E-state index in [-0.39, 0.29) is 12.4 Å². The zero-order valence-corrected chi connectivity index (χ0v) is 16.9. The lowest BCUT2D eigenvalue weighted by molar-refractivity contribution is 0.0927. The number of para-hydroxylation sites is 2. The Morgan fingerprint density at radius 3 is 3.03 bits per heavy atom. The van der Waals surface area contributed by atoms with Crippen molar-refractivity contribution in [3.8, 4) is 11.8 Å². The summed E-state index contributed by atoms with van der Waals surface area (Å²) in [4.78, 5) is 19.3. The van der Waals surface area contributed by atoms with Crippen LogP contribution >= 0.6 is 12.2 Å². The minimum atomic E-state index is -0.495. The van der Waals surface area contributed by atoms with Gasteiger partial charge in [-0.1, -0.05) is 36.5 Å². The number of fused-ring (bicyclic) bond motifs is 1.